The van der Waals surface area contributed by atoms with Gasteiger partial charge in [-0.1, -0.05) is 17.7 Å². The number of ether oxygens (including phenoxy) is 1. The molecule has 88 valence electrons. The summed E-state index contributed by atoms with van der Waals surface area (Å²) < 4.78 is 5.60. The van der Waals surface area contributed by atoms with E-state index in [0.29, 0.717) is 16.8 Å². The van der Waals surface area contributed by atoms with Crippen LogP contribution in [0.4, 0.5) is 0 Å². The molecule has 0 bridgehead atoms. The zero-order chi connectivity index (χ0) is 12.4. The van der Waals surface area contributed by atoms with Gasteiger partial charge in [0.2, 0.25) is 5.88 Å². The van der Waals surface area contributed by atoms with Crippen molar-refractivity contribution in [3.8, 4) is 11.6 Å². The highest BCUT2D eigenvalue weighted by atomic mass is 35.5. The highest BCUT2D eigenvalue weighted by Gasteiger charge is 2.01. The highest BCUT2D eigenvalue weighted by molar-refractivity contribution is 6.29. The molecule has 2 heterocycles. The van der Waals surface area contributed by atoms with Gasteiger partial charge in [0.25, 0.3) is 0 Å². The number of rotatable bonds is 2. The Morgan fingerprint density at radius 2 is 1.94 bits per heavy atom. The first-order valence-corrected chi connectivity index (χ1v) is 5.68. The van der Waals surface area contributed by atoms with Crippen LogP contribution in [0, 0.1) is 0 Å². The second-order valence-electron chi connectivity index (χ2n) is 3.67. The van der Waals surface area contributed by atoms with Crippen LogP contribution in [-0.2, 0) is 0 Å². The van der Waals surface area contributed by atoms with Crippen LogP contribution in [0.15, 0.2) is 49.1 Å². The standard InChI is InChI=1S/C13H8ClN3O/c14-12-6-13(17-8-16-12)18-11-2-1-9-3-4-15-7-10(9)5-11/h1-8H. The second-order valence-corrected chi connectivity index (χ2v) is 4.05. The van der Waals surface area contributed by atoms with Crippen molar-refractivity contribution in [2.45, 2.75) is 0 Å². The SMILES string of the molecule is Clc1cc(Oc2ccc3ccncc3c2)ncn1. The summed E-state index contributed by atoms with van der Waals surface area (Å²) in [7, 11) is 0. The maximum atomic E-state index is 5.77. The molecule has 2 aromatic heterocycles. The van der Waals surface area contributed by atoms with E-state index in [4.69, 9.17) is 16.3 Å². The van der Waals surface area contributed by atoms with E-state index in [1.807, 2.05) is 24.3 Å². The average molecular weight is 258 g/mol. The van der Waals surface area contributed by atoms with Crippen LogP contribution < -0.4 is 4.74 Å². The lowest BCUT2D eigenvalue weighted by Gasteiger charge is -2.05. The van der Waals surface area contributed by atoms with Gasteiger partial charge in [-0.05, 0) is 23.6 Å². The van der Waals surface area contributed by atoms with Crippen molar-refractivity contribution in [3.05, 3.63) is 54.2 Å². The summed E-state index contributed by atoms with van der Waals surface area (Å²) in [5.41, 5.74) is 0. The summed E-state index contributed by atoms with van der Waals surface area (Å²) in [5.74, 6) is 1.10. The van der Waals surface area contributed by atoms with Gasteiger partial charge in [0.05, 0.1) is 0 Å². The van der Waals surface area contributed by atoms with Crippen molar-refractivity contribution < 1.29 is 4.74 Å². The number of halogens is 1. The van der Waals surface area contributed by atoms with Crippen molar-refractivity contribution in [1.82, 2.24) is 15.0 Å². The van der Waals surface area contributed by atoms with E-state index in [9.17, 15) is 0 Å². The first-order valence-electron chi connectivity index (χ1n) is 5.30. The summed E-state index contributed by atoms with van der Waals surface area (Å²) in [4.78, 5) is 11.9. The van der Waals surface area contributed by atoms with Gasteiger partial charge >= 0.3 is 0 Å². The molecule has 3 rings (SSSR count). The number of hydrogen-bond acceptors (Lipinski definition) is 4. The molecular formula is C13H8ClN3O. The average Bonchev–Trinajstić information content (AvgIpc) is 2.39. The lowest BCUT2D eigenvalue weighted by Crippen LogP contribution is -1.89. The summed E-state index contributed by atoms with van der Waals surface area (Å²) in [6.07, 6.45) is 4.91. The largest absolute Gasteiger partial charge is 0.439 e. The van der Waals surface area contributed by atoms with E-state index in [1.165, 1.54) is 6.33 Å². The van der Waals surface area contributed by atoms with E-state index < -0.39 is 0 Å². The summed E-state index contributed by atoms with van der Waals surface area (Å²) in [5, 5.41) is 2.47. The smallest absolute Gasteiger partial charge is 0.223 e. The third-order valence-corrected chi connectivity index (χ3v) is 2.65. The highest BCUT2D eigenvalue weighted by Crippen LogP contribution is 2.24. The van der Waals surface area contributed by atoms with Crippen molar-refractivity contribution in [1.29, 1.82) is 0 Å². The Hall–Kier alpha value is -2.20. The van der Waals surface area contributed by atoms with Gasteiger partial charge in [0.1, 0.15) is 17.2 Å². The molecule has 1 aromatic carbocycles. The zero-order valence-corrected chi connectivity index (χ0v) is 10.0. The molecule has 0 unspecified atom stereocenters. The van der Waals surface area contributed by atoms with Gasteiger partial charge < -0.3 is 4.74 Å². The number of nitrogens with zero attached hydrogens (tertiary/aromatic N) is 3. The minimum Gasteiger partial charge on any atom is -0.439 e. The molecule has 0 atom stereocenters. The molecule has 4 nitrogen and oxygen atoms in total. The van der Waals surface area contributed by atoms with Crippen LogP contribution in [0.25, 0.3) is 10.8 Å². The van der Waals surface area contributed by atoms with Gasteiger partial charge in [-0.25, -0.2) is 9.97 Å². The molecule has 5 heteroatoms. The van der Waals surface area contributed by atoms with Crippen molar-refractivity contribution in [2.24, 2.45) is 0 Å². The van der Waals surface area contributed by atoms with Crippen LogP contribution in [-0.4, -0.2) is 15.0 Å². The predicted octanol–water partition coefficient (Wildman–Crippen LogP) is 3.47. The first kappa shape index (κ1) is 10.9. The summed E-state index contributed by atoms with van der Waals surface area (Å²) >= 11 is 5.77. The number of fused-ring (bicyclic) bond motifs is 1. The number of hydrogen-bond donors (Lipinski definition) is 0. The van der Waals surface area contributed by atoms with E-state index in [0.717, 1.165) is 10.8 Å². The third-order valence-electron chi connectivity index (χ3n) is 2.44. The van der Waals surface area contributed by atoms with Crippen molar-refractivity contribution in [3.63, 3.8) is 0 Å². The molecule has 0 fully saturated rings. The normalized spacial score (nSPS) is 10.5. The Morgan fingerprint density at radius 1 is 1.00 bits per heavy atom. The Balaban J connectivity index is 1.95. The van der Waals surface area contributed by atoms with E-state index >= 15 is 0 Å². The summed E-state index contributed by atoms with van der Waals surface area (Å²) in [6.45, 7) is 0. The maximum absolute atomic E-state index is 5.77. The van der Waals surface area contributed by atoms with Gasteiger partial charge in [-0.2, -0.15) is 0 Å². The topological polar surface area (TPSA) is 47.9 Å². The molecule has 0 spiro atoms. The molecule has 0 saturated heterocycles. The fourth-order valence-corrected chi connectivity index (χ4v) is 1.76. The molecule has 0 saturated carbocycles. The molecule has 0 amide bonds. The van der Waals surface area contributed by atoms with Gasteiger partial charge in [0, 0.05) is 23.8 Å². The molecule has 0 aliphatic carbocycles. The lowest BCUT2D eigenvalue weighted by molar-refractivity contribution is 0.462. The maximum Gasteiger partial charge on any atom is 0.223 e. The molecule has 0 aliphatic heterocycles. The van der Waals surface area contributed by atoms with Crippen LogP contribution in [0.1, 0.15) is 0 Å². The van der Waals surface area contributed by atoms with Gasteiger partial charge in [0.15, 0.2) is 0 Å². The third kappa shape index (κ3) is 2.24. The number of aromatic nitrogens is 3. The van der Waals surface area contributed by atoms with Crippen LogP contribution in [0.3, 0.4) is 0 Å². The Kier molecular flexibility index (Phi) is 2.78. The van der Waals surface area contributed by atoms with Gasteiger partial charge in [-0.3, -0.25) is 4.98 Å². The minimum atomic E-state index is 0.349. The van der Waals surface area contributed by atoms with Crippen LogP contribution >= 0.6 is 11.6 Å². The molecule has 0 aliphatic rings. The van der Waals surface area contributed by atoms with E-state index in [2.05, 4.69) is 15.0 Å². The van der Waals surface area contributed by atoms with E-state index in [1.54, 1.807) is 18.5 Å². The molecule has 18 heavy (non-hydrogen) atoms. The lowest BCUT2D eigenvalue weighted by atomic mass is 10.2. The first-order chi connectivity index (χ1) is 8.81. The predicted molar refractivity (Wildman–Crippen MR) is 68.9 cm³/mol. The molecular weight excluding hydrogens is 250 g/mol. The van der Waals surface area contributed by atoms with Gasteiger partial charge in [-0.15, -0.1) is 0 Å². The Bertz CT molecular complexity index is 702. The molecule has 0 N–H and O–H groups in total. The van der Waals surface area contributed by atoms with E-state index in [-0.39, 0.29) is 0 Å². The zero-order valence-electron chi connectivity index (χ0n) is 9.25. The number of benzene rings is 1. The monoisotopic (exact) mass is 257 g/mol. The Morgan fingerprint density at radius 3 is 2.83 bits per heavy atom. The fraction of sp³-hybridized carbons (Fsp3) is 0. The molecule has 3 aromatic rings. The quantitative estimate of drug-likeness (QED) is 0.660. The second kappa shape index (κ2) is 4.58. The van der Waals surface area contributed by atoms with Crippen LogP contribution in [0.5, 0.6) is 11.6 Å². The van der Waals surface area contributed by atoms with Crippen molar-refractivity contribution >= 4 is 22.4 Å². The minimum absolute atomic E-state index is 0.349. The summed E-state index contributed by atoms with van der Waals surface area (Å²) in [6, 6.07) is 9.25. The Labute approximate surface area is 108 Å². The molecule has 0 radical (unpaired) electrons. The number of pyridine rings is 1. The van der Waals surface area contributed by atoms with Crippen LogP contribution in [0.2, 0.25) is 5.15 Å². The fourth-order valence-electron chi connectivity index (χ4n) is 1.62. The van der Waals surface area contributed by atoms with Crippen molar-refractivity contribution in [2.75, 3.05) is 0 Å².